The second-order valence-electron chi connectivity index (χ2n) is 21.1. The van der Waals surface area contributed by atoms with E-state index < -0.39 is 6.10 Å². The number of carbonyl (C=O) groups excluding carboxylic acids is 2. The van der Waals surface area contributed by atoms with Gasteiger partial charge in [-0.15, -0.1) is 0 Å². The minimum atomic E-state index is -0.768. The number of aliphatic hydroxyl groups is 1. The topological polar surface area (TPSA) is 72.8 Å². The zero-order valence-corrected chi connectivity index (χ0v) is 47.0. The van der Waals surface area contributed by atoms with Crippen molar-refractivity contribution in [1.29, 1.82) is 0 Å². The van der Waals surface area contributed by atoms with E-state index in [1.165, 1.54) is 250 Å². The molecule has 5 heteroatoms. The zero-order chi connectivity index (χ0) is 50.6. The lowest BCUT2D eigenvalue weighted by Crippen LogP contribution is -2.28. The first-order chi connectivity index (χ1) is 34.6. The lowest BCUT2D eigenvalue weighted by atomic mass is 10.0. The van der Waals surface area contributed by atoms with Gasteiger partial charge in [-0.25, -0.2) is 0 Å². The molecule has 70 heavy (non-hydrogen) atoms. The smallest absolute Gasteiger partial charge is 0.306 e. The molecule has 0 bridgehead atoms. The van der Waals surface area contributed by atoms with Gasteiger partial charge in [0.15, 0.2) is 6.10 Å². The highest BCUT2D eigenvalue weighted by Gasteiger charge is 2.16. The normalized spacial score (nSPS) is 12.4. The van der Waals surface area contributed by atoms with Crippen LogP contribution in [0.2, 0.25) is 0 Å². The van der Waals surface area contributed by atoms with Crippen molar-refractivity contribution in [3.05, 3.63) is 48.6 Å². The Morgan fingerprint density at radius 3 is 0.929 bits per heavy atom. The summed E-state index contributed by atoms with van der Waals surface area (Å²) in [6.07, 6.45) is 81.2. The van der Waals surface area contributed by atoms with Crippen LogP contribution < -0.4 is 0 Å². The summed E-state index contributed by atoms with van der Waals surface area (Å²) in [6, 6.07) is 0. The first-order valence-corrected chi connectivity index (χ1v) is 31.2. The summed E-state index contributed by atoms with van der Waals surface area (Å²) in [6.45, 7) is 4.08. The molecule has 0 saturated carbocycles. The van der Waals surface area contributed by atoms with Crippen LogP contribution in [0.3, 0.4) is 0 Å². The van der Waals surface area contributed by atoms with E-state index in [9.17, 15) is 14.7 Å². The lowest BCUT2D eigenvalue weighted by Gasteiger charge is -2.15. The first-order valence-electron chi connectivity index (χ1n) is 31.2. The van der Waals surface area contributed by atoms with Crippen LogP contribution >= 0.6 is 0 Å². The summed E-state index contributed by atoms with van der Waals surface area (Å²) >= 11 is 0. The van der Waals surface area contributed by atoms with Crippen molar-refractivity contribution < 1.29 is 24.2 Å². The molecule has 0 spiro atoms. The monoisotopic (exact) mass is 981 g/mol. The molecular formula is C65H120O5. The van der Waals surface area contributed by atoms with E-state index in [0.29, 0.717) is 12.8 Å². The van der Waals surface area contributed by atoms with Crippen LogP contribution in [-0.2, 0) is 19.1 Å². The zero-order valence-electron chi connectivity index (χ0n) is 47.0. The van der Waals surface area contributed by atoms with Gasteiger partial charge in [-0.1, -0.05) is 319 Å². The van der Waals surface area contributed by atoms with Gasteiger partial charge in [0, 0.05) is 12.8 Å². The summed E-state index contributed by atoms with van der Waals surface area (Å²) in [7, 11) is 0. The van der Waals surface area contributed by atoms with E-state index in [1.807, 2.05) is 0 Å². The second-order valence-corrected chi connectivity index (χ2v) is 21.1. The van der Waals surface area contributed by atoms with E-state index in [0.717, 1.165) is 57.8 Å². The second kappa shape index (κ2) is 61.2. The van der Waals surface area contributed by atoms with Crippen molar-refractivity contribution in [3.8, 4) is 0 Å². The number of ether oxygens (including phenoxy) is 2. The molecule has 0 aliphatic carbocycles. The van der Waals surface area contributed by atoms with Gasteiger partial charge < -0.3 is 14.6 Å². The minimum Gasteiger partial charge on any atom is -0.462 e. The van der Waals surface area contributed by atoms with Crippen molar-refractivity contribution >= 4 is 11.9 Å². The fourth-order valence-electron chi connectivity index (χ4n) is 9.49. The van der Waals surface area contributed by atoms with Crippen LogP contribution in [0.5, 0.6) is 0 Å². The van der Waals surface area contributed by atoms with Crippen molar-refractivity contribution in [2.45, 2.75) is 341 Å². The number of allylic oxidation sites excluding steroid dienone is 8. The maximum Gasteiger partial charge on any atom is 0.306 e. The van der Waals surface area contributed by atoms with Crippen LogP contribution in [0.1, 0.15) is 335 Å². The van der Waals surface area contributed by atoms with Gasteiger partial charge in [-0.3, -0.25) is 9.59 Å². The highest BCUT2D eigenvalue weighted by molar-refractivity contribution is 5.70. The van der Waals surface area contributed by atoms with Crippen LogP contribution in [0.15, 0.2) is 48.6 Å². The SMILES string of the molecule is CC/C=C\C/C=C\C/C=C\C/C=C\CCCCCCCCCCCCCCCCCCCCCCCCC(=O)OC(CO)COC(=O)CCCCCCCCCCCCCCCCCCCCCCC. The van der Waals surface area contributed by atoms with E-state index in [-0.39, 0.29) is 25.2 Å². The average Bonchev–Trinajstić information content (AvgIpc) is 3.36. The molecule has 1 N–H and O–H groups in total. The van der Waals surface area contributed by atoms with Crippen LogP contribution in [0, 0.1) is 0 Å². The van der Waals surface area contributed by atoms with E-state index >= 15 is 0 Å². The van der Waals surface area contributed by atoms with Gasteiger partial charge in [0.25, 0.3) is 0 Å². The van der Waals surface area contributed by atoms with E-state index in [4.69, 9.17) is 9.47 Å². The molecule has 1 atom stereocenters. The quantitative estimate of drug-likeness (QED) is 0.0373. The number of unbranched alkanes of at least 4 members (excludes halogenated alkanes) is 42. The fourth-order valence-corrected chi connectivity index (χ4v) is 9.49. The summed E-state index contributed by atoms with van der Waals surface area (Å²) in [5, 5.41) is 9.67. The molecule has 0 amide bonds. The first kappa shape index (κ1) is 67.9. The van der Waals surface area contributed by atoms with Crippen molar-refractivity contribution in [2.75, 3.05) is 13.2 Å². The molecule has 0 aromatic rings. The highest BCUT2D eigenvalue weighted by Crippen LogP contribution is 2.18. The standard InChI is InChI=1S/C65H120O5/c1-3-5-7-9-11-13-15-17-19-21-23-25-26-27-28-29-30-31-32-33-34-35-36-37-38-40-42-44-46-48-50-52-54-56-58-60-65(68)70-63(61-66)62-69-64(67)59-57-55-53-51-49-47-45-43-41-39-24-22-20-18-16-14-12-10-8-6-4-2/h5,7,11,13,17,19,23,25,63,66H,3-4,6,8-10,12,14-16,18,20-22,24,26-62H2,1-2H3/b7-5-,13-11-,19-17-,25-23-. The van der Waals surface area contributed by atoms with Gasteiger partial charge in [-0.2, -0.15) is 0 Å². The third-order valence-electron chi connectivity index (χ3n) is 14.1. The Bertz CT molecular complexity index is 1150. The molecule has 0 saturated heterocycles. The molecule has 1 unspecified atom stereocenters. The number of aliphatic hydroxyl groups excluding tert-OH is 1. The van der Waals surface area contributed by atoms with Crippen LogP contribution in [0.4, 0.5) is 0 Å². The minimum absolute atomic E-state index is 0.0591. The van der Waals surface area contributed by atoms with E-state index in [1.54, 1.807) is 0 Å². The lowest BCUT2D eigenvalue weighted by molar-refractivity contribution is -0.161. The third-order valence-corrected chi connectivity index (χ3v) is 14.1. The molecule has 0 aromatic carbocycles. The molecule has 0 aromatic heterocycles. The Balaban J connectivity index is 3.40. The number of rotatable bonds is 58. The van der Waals surface area contributed by atoms with Crippen LogP contribution in [-0.4, -0.2) is 36.4 Å². The Labute approximate surface area is 437 Å². The van der Waals surface area contributed by atoms with Gasteiger partial charge >= 0.3 is 11.9 Å². The molecule has 0 rings (SSSR count). The molecule has 5 nitrogen and oxygen atoms in total. The number of hydrogen-bond donors (Lipinski definition) is 1. The molecule has 0 radical (unpaired) electrons. The predicted molar refractivity (Wildman–Crippen MR) is 307 cm³/mol. The Hall–Kier alpha value is -2.14. The molecule has 410 valence electrons. The summed E-state index contributed by atoms with van der Waals surface area (Å²) < 4.78 is 10.7. The Kier molecular flexibility index (Phi) is 59.3. The maximum absolute atomic E-state index is 12.3. The van der Waals surface area contributed by atoms with E-state index in [2.05, 4.69) is 62.5 Å². The molecule has 0 heterocycles. The van der Waals surface area contributed by atoms with Crippen molar-refractivity contribution in [3.63, 3.8) is 0 Å². The number of hydrogen-bond acceptors (Lipinski definition) is 5. The summed E-state index contributed by atoms with van der Waals surface area (Å²) in [5.41, 5.74) is 0. The van der Waals surface area contributed by atoms with Gasteiger partial charge in [0.1, 0.15) is 6.61 Å². The Morgan fingerprint density at radius 1 is 0.343 bits per heavy atom. The largest absolute Gasteiger partial charge is 0.462 e. The average molecular weight is 982 g/mol. The van der Waals surface area contributed by atoms with Crippen LogP contribution in [0.25, 0.3) is 0 Å². The molecule has 0 aliphatic rings. The van der Waals surface area contributed by atoms with Gasteiger partial charge in [0.2, 0.25) is 0 Å². The van der Waals surface area contributed by atoms with Crippen molar-refractivity contribution in [1.82, 2.24) is 0 Å². The predicted octanol–water partition coefficient (Wildman–Crippen LogP) is 21.2. The molecule has 0 fully saturated rings. The van der Waals surface area contributed by atoms with Gasteiger partial charge in [0.05, 0.1) is 6.61 Å². The maximum atomic E-state index is 12.3. The summed E-state index contributed by atoms with van der Waals surface area (Å²) in [5.74, 6) is -0.568. The third kappa shape index (κ3) is 58.4. The Morgan fingerprint density at radius 2 is 0.614 bits per heavy atom. The fraction of sp³-hybridized carbons (Fsp3) is 0.846. The summed E-state index contributed by atoms with van der Waals surface area (Å²) in [4.78, 5) is 24.6. The molecular weight excluding hydrogens is 861 g/mol. The molecule has 0 aliphatic heterocycles. The van der Waals surface area contributed by atoms with Crippen molar-refractivity contribution in [2.24, 2.45) is 0 Å². The number of carbonyl (C=O) groups is 2. The highest BCUT2D eigenvalue weighted by atomic mass is 16.6. The number of esters is 2. The van der Waals surface area contributed by atoms with Gasteiger partial charge in [-0.05, 0) is 51.4 Å².